The molecule has 0 saturated heterocycles. The van der Waals surface area contributed by atoms with Crippen LogP contribution in [0.5, 0.6) is 0 Å². The molecule has 80 valence electrons. The van der Waals surface area contributed by atoms with Crippen LogP contribution in [0.15, 0.2) is 0 Å². The highest BCUT2D eigenvalue weighted by Gasteiger charge is 1.89. The average Bonchev–Trinajstić information content (AvgIpc) is 2.16. The van der Waals surface area contributed by atoms with Gasteiger partial charge in [0.05, 0.1) is 26.4 Å². The van der Waals surface area contributed by atoms with E-state index >= 15 is 0 Å². The normalized spacial score (nSPS) is 11.5. The molecule has 0 atom stereocenters. The molecule has 0 aromatic heterocycles. The molecule has 0 radical (unpaired) electrons. The van der Waals surface area contributed by atoms with E-state index in [1.807, 2.05) is 0 Å². The van der Waals surface area contributed by atoms with E-state index in [1.54, 1.807) is 0 Å². The molecular formula is C9H22O3Si. The molecule has 0 N–H and O–H groups in total. The second-order valence-corrected chi connectivity index (χ2v) is 3.76. The number of unbranched alkanes of at least 4 members (excludes halogenated alkanes) is 1. The molecule has 0 heterocycles. The first kappa shape index (κ1) is 13.1. The van der Waals surface area contributed by atoms with E-state index in [4.69, 9.17) is 13.9 Å². The topological polar surface area (TPSA) is 27.7 Å². The van der Waals surface area contributed by atoms with Gasteiger partial charge >= 0.3 is 0 Å². The Morgan fingerprint density at radius 1 is 0.923 bits per heavy atom. The van der Waals surface area contributed by atoms with Crippen LogP contribution in [0, 0.1) is 0 Å². The molecule has 13 heavy (non-hydrogen) atoms. The van der Waals surface area contributed by atoms with E-state index in [2.05, 4.69) is 13.5 Å². The zero-order chi connectivity index (χ0) is 9.78. The minimum Gasteiger partial charge on any atom is -0.422 e. The lowest BCUT2D eigenvalue weighted by atomic mass is 10.4. The fraction of sp³-hybridized carbons (Fsp3) is 1.00. The Balaban J connectivity index is 2.76. The molecule has 0 saturated carbocycles. The summed E-state index contributed by atoms with van der Waals surface area (Å²) >= 11 is 0. The van der Waals surface area contributed by atoms with Gasteiger partial charge in [0.25, 0.3) is 0 Å². The maximum absolute atomic E-state index is 5.32. The van der Waals surface area contributed by atoms with Gasteiger partial charge < -0.3 is 13.9 Å². The van der Waals surface area contributed by atoms with Crippen LogP contribution in [-0.4, -0.2) is 42.8 Å². The summed E-state index contributed by atoms with van der Waals surface area (Å²) in [6.45, 7) is 8.00. The van der Waals surface area contributed by atoms with Crippen molar-refractivity contribution in [1.29, 1.82) is 0 Å². The van der Waals surface area contributed by atoms with Crippen molar-refractivity contribution < 1.29 is 13.9 Å². The Kier molecular flexibility index (Phi) is 12.2. The third kappa shape index (κ3) is 12.1. The van der Waals surface area contributed by atoms with Crippen molar-refractivity contribution in [2.75, 3.05) is 33.0 Å². The van der Waals surface area contributed by atoms with Crippen LogP contribution in [0.25, 0.3) is 0 Å². The van der Waals surface area contributed by atoms with Crippen LogP contribution < -0.4 is 0 Å². The summed E-state index contributed by atoms with van der Waals surface area (Å²) in [4.78, 5) is 0. The molecule has 0 aliphatic heterocycles. The Hall–Kier alpha value is 0.0969. The van der Waals surface area contributed by atoms with E-state index in [1.165, 1.54) is 6.42 Å². The first-order valence-corrected chi connectivity index (χ1v) is 7.14. The van der Waals surface area contributed by atoms with Gasteiger partial charge in [-0.2, -0.15) is 0 Å². The van der Waals surface area contributed by atoms with Crippen LogP contribution in [-0.2, 0) is 13.9 Å². The molecule has 0 unspecified atom stereocenters. The molecule has 4 heteroatoms. The molecule has 0 fully saturated rings. The Labute approximate surface area is 83.7 Å². The molecule has 0 aliphatic carbocycles. The number of hydrogen-bond donors (Lipinski definition) is 0. The van der Waals surface area contributed by atoms with E-state index in [9.17, 15) is 0 Å². The third-order valence-corrected chi connectivity index (χ3v) is 2.29. The van der Waals surface area contributed by atoms with Crippen LogP contribution in [0.2, 0.25) is 6.55 Å². The van der Waals surface area contributed by atoms with Crippen LogP contribution in [0.3, 0.4) is 0 Å². The first-order chi connectivity index (χ1) is 6.41. The molecule has 3 nitrogen and oxygen atoms in total. The van der Waals surface area contributed by atoms with Gasteiger partial charge in [-0.3, -0.25) is 0 Å². The smallest absolute Gasteiger partial charge is 0.158 e. The van der Waals surface area contributed by atoms with E-state index in [0.717, 1.165) is 19.6 Å². The quantitative estimate of drug-likeness (QED) is 0.394. The van der Waals surface area contributed by atoms with Crippen LogP contribution in [0.1, 0.15) is 19.8 Å². The van der Waals surface area contributed by atoms with Crippen molar-refractivity contribution >= 4 is 9.76 Å². The predicted octanol–water partition coefficient (Wildman–Crippen LogP) is 0.968. The summed E-state index contributed by atoms with van der Waals surface area (Å²) in [7, 11) is -0.248. The predicted molar refractivity (Wildman–Crippen MR) is 56.9 cm³/mol. The summed E-state index contributed by atoms with van der Waals surface area (Å²) < 4.78 is 15.9. The van der Waals surface area contributed by atoms with Crippen molar-refractivity contribution in [3.05, 3.63) is 0 Å². The minimum absolute atomic E-state index is 0.248. The van der Waals surface area contributed by atoms with Crippen molar-refractivity contribution in [3.8, 4) is 0 Å². The van der Waals surface area contributed by atoms with E-state index < -0.39 is 0 Å². The third-order valence-electron chi connectivity index (χ3n) is 1.59. The number of rotatable bonds is 10. The maximum atomic E-state index is 5.32. The lowest BCUT2D eigenvalue weighted by Gasteiger charge is -2.05. The Morgan fingerprint density at radius 2 is 1.54 bits per heavy atom. The van der Waals surface area contributed by atoms with Gasteiger partial charge in [0.15, 0.2) is 9.76 Å². The van der Waals surface area contributed by atoms with Gasteiger partial charge in [0, 0.05) is 6.61 Å². The zero-order valence-corrected chi connectivity index (χ0v) is 10.3. The monoisotopic (exact) mass is 206 g/mol. The second kappa shape index (κ2) is 12.1. The SMILES string of the molecule is CCCCOCCOCCO[SiH2]C. The lowest BCUT2D eigenvalue weighted by molar-refractivity contribution is 0.0360. The average molecular weight is 206 g/mol. The second-order valence-electron chi connectivity index (χ2n) is 2.78. The van der Waals surface area contributed by atoms with Gasteiger partial charge in [-0.25, -0.2) is 0 Å². The summed E-state index contributed by atoms with van der Waals surface area (Å²) in [6, 6.07) is 0. The first-order valence-electron chi connectivity index (χ1n) is 5.15. The molecule has 0 amide bonds. The van der Waals surface area contributed by atoms with Crippen molar-refractivity contribution in [1.82, 2.24) is 0 Å². The largest absolute Gasteiger partial charge is 0.422 e. The summed E-state index contributed by atoms with van der Waals surface area (Å²) in [6.07, 6.45) is 2.33. The van der Waals surface area contributed by atoms with E-state index in [-0.39, 0.29) is 9.76 Å². The summed E-state index contributed by atoms with van der Waals surface area (Å²) in [5.74, 6) is 0. The van der Waals surface area contributed by atoms with Crippen LogP contribution in [0.4, 0.5) is 0 Å². The molecule has 0 aromatic carbocycles. The van der Waals surface area contributed by atoms with Crippen molar-refractivity contribution in [2.45, 2.75) is 26.3 Å². The highest BCUT2D eigenvalue weighted by atomic mass is 28.2. The standard InChI is InChI=1S/C9H22O3Si/c1-3-4-5-10-6-7-11-8-9-12-13-2/h3-9,13H2,1-2H3. The van der Waals surface area contributed by atoms with Crippen molar-refractivity contribution in [2.24, 2.45) is 0 Å². The van der Waals surface area contributed by atoms with E-state index in [0.29, 0.717) is 19.8 Å². The fourth-order valence-electron chi connectivity index (χ4n) is 0.831. The summed E-state index contributed by atoms with van der Waals surface area (Å²) in [5.41, 5.74) is 0. The highest BCUT2D eigenvalue weighted by molar-refractivity contribution is 6.24. The molecule has 0 bridgehead atoms. The molecule has 0 spiro atoms. The van der Waals surface area contributed by atoms with Gasteiger partial charge in [-0.05, 0) is 6.42 Å². The molecule has 0 aliphatic rings. The van der Waals surface area contributed by atoms with Crippen LogP contribution >= 0.6 is 0 Å². The molecule has 0 aromatic rings. The number of ether oxygens (including phenoxy) is 2. The van der Waals surface area contributed by atoms with Gasteiger partial charge in [-0.15, -0.1) is 0 Å². The fourth-order valence-corrected chi connectivity index (χ4v) is 1.24. The van der Waals surface area contributed by atoms with Gasteiger partial charge in [0.2, 0.25) is 0 Å². The Bertz CT molecular complexity index is 80.9. The summed E-state index contributed by atoms with van der Waals surface area (Å²) in [5, 5.41) is 0. The molecular weight excluding hydrogens is 184 g/mol. The van der Waals surface area contributed by atoms with Gasteiger partial charge in [-0.1, -0.05) is 19.9 Å². The van der Waals surface area contributed by atoms with Crippen molar-refractivity contribution in [3.63, 3.8) is 0 Å². The Morgan fingerprint density at radius 3 is 2.15 bits per heavy atom. The minimum atomic E-state index is -0.248. The molecule has 0 rings (SSSR count). The highest BCUT2D eigenvalue weighted by Crippen LogP contribution is 1.87. The maximum Gasteiger partial charge on any atom is 0.158 e. The van der Waals surface area contributed by atoms with Gasteiger partial charge in [0.1, 0.15) is 0 Å². The lowest BCUT2D eigenvalue weighted by Crippen LogP contribution is -2.10. The zero-order valence-electron chi connectivity index (χ0n) is 8.88. The number of hydrogen-bond acceptors (Lipinski definition) is 3.